The van der Waals surface area contributed by atoms with E-state index in [1.165, 1.54) is 37.2 Å². The Bertz CT molecular complexity index is 391. The van der Waals surface area contributed by atoms with Gasteiger partial charge in [-0.3, -0.25) is 4.90 Å². The lowest BCUT2D eigenvalue weighted by molar-refractivity contribution is 0.206. The molecule has 0 spiro atoms. The molecule has 0 saturated carbocycles. The number of hydrogen-bond acceptors (Lipinski definition) is 3. The van der Waals surface area contributed by atoms with Gasteiger partial charge in [0.1, 0.15) is 0 Å². The van der Waals surface area contributed by atoms with Crippen LogP contribution in [-0.2, 0) is 0 Å². The van der Waals surface area contributed by atoms with Crippen molar-refractivity contribution in [2.75, 3.05) is 19.6 Å². The summed E-state index contributed by atoms with van der Waals surface area (Å²) in [6, 6.07) is 4.47. The molecule has 0 bridgehead atoms. The zero-order valence-electron chi connectivity index (χ0n) is 11.9. The molecule has 1 aromatic heterocycles. The quantitative estimate of drug-likeness (QED) is 0.904. The zero-order valence-corrected chi connectivity index (χ0v) is 13.5. The minimum atomic E-state index is 0.350. The number of likely N-dealkylation sites (tertiary alicyclic amines) is 1. The van der Waals surface area contributed by atoms with E-state index in [0.29, 0.717) is 12.6 Å². The molecule has 108 valence electrons. The van der Waals surface area contributed by atoms with Gasteiger partial charge in [-0.2, -0.15) is 0 Å². The van der Waals surface area contributed by atoms with E-state index in [2.05, 4.69) is 24.8 Å². The van der Waals surface area contributed by atoms with Crippen LogP contribution in [0.25, 0.3) is 0 Å². The number of thiophene rings is 1. The summed E-state index contributed by atoms with van der Waals surface area (Å²) in [7, 11) is 0. The highest BCUT2D eigenvalue weighted by molar-refractivity contribution is 7.16. The fourth-order valence-electron chi connectivity index (χ4n) is 3.08. The number of hydrogen-bond donors (Lipinski definition) is 1. The Balaban J connectivity index is 2.03. The highest BCUT2D eigenvalue weighted by Crippen LogP contribution is 2.33. The van der Waals surface area contributed by atoms with E-state index in [1.54, 1.807) is 11.3 Å². The maximum atomic E-state index is 6.06. The first-order valence-electron chi connectivity index (χ1n) is 7.31. The average molecular weight is 301 g/mol. The van der Waals surface area contributed by atoms with E-state index < -0.39 is 0 Å². The molecular weight excluding hydrogens is 276 g/mol. The van der Waals surface area contributed by atoms with E-state index in [9.17, 15) is 0 Å². The molecule has 2 nitrogen and oxygen atoms in total. The standard InChI is InChI=1S/C15H25ClN2S/c1-11(2)12-4-3-8-18(9-7-12)13(10-17)14-5-6-15(16)19-14/h5-6,11-13H,3-4,7-10,17H2,1-2H3. The van der Waals surface area contributed by atoms with E-state index in [4.69, 9.17) is 17.3 Å². The van der Waals surface area contributed by atoms with Crippen molar-refractivity contribution < 1.29 is 0 Å². The fourth-order valence-corrected chi connectivity index (χ4v) is 4.28. The summed E-state index contributed by atoms with van der Waals surface area (Å²) < 4.78 is 0.864. The van der Waals surface area contributed by atoms with Gasteiger partial charge in [0.2, 0.25) is 0 Å². The van der Waals surface area contributed by atoms with Gasteiger partial charge in [-0.05, 0) is 56.3 Å². The van der Waals surface area contributed by atoms with Gasteiger partial charge in [0.05, 0.1) is 10.4 Å². The topological polar surface area (TPSA) is 29.3 Å². The van der Waals surface area contributed by atoms with Gasteiger partial charge in [0.25, 0.3) is 0 Å². The SMILES string of the molecule is CC(C)C1CCCN(C(CN)c2ccc(Cl)s2)CC1. The van der Waals surface area contributed by atoms with Crippen molar-refractivity contribution in [3.8, 4) is 0 Å². The number of halogens is 1. The van der Waals surface area contributed by atoms with Crippen LogP contribution >= 0.6 is 22.9 Å². The smallest absolute Gasteiger partial charge is 0.0931 e. The van der Waals surface area contributed by atoms with Crippen molar-refractivity contribution in [3.63, 3.8) is 0 Å². The lowest BCUT2D eigenvalue weighted by atomic mass is 9.89. The molecule has 1 saturated heterocycles. The lowest BCUT2D eigenvalue weighted by Crippen LogP contribution is -2.34. The summed E-state index contributed by atoms with van der Waals surface area (Å²) in [4.78, 5) is 3.88. The van der Waals surface area contributed by atoms with Crippen molar-refractivity contribution in [1.29, 1.82) is 0 Å². The number of nitrogens with two attached hydrogens (primary N) is 1. The third-order valence-corrected chi connectivity index (χ3v) is 5.67. The van der Waals surface area contributed by atoms with Crippen LogP contribution in [0.2, 0.25) is 4.34 Å². The molecule has 0 aromatic carbocycles. The van der Waals surface area contributed by atoms with Crippen LogP contribution in [0.15, 0.2) is 12.1 Å². The van der Waals surface area contributed by atoms with Crippen LogP contribution in [0.3, 0.4) is 0 Å². The first kappa shape index (κ1) is 15.3. The van der Waals surface area contributed by atoms with Crippen LogP contribution in [0.5, 0.6) is 0 Å². The van der Waals surface area contributed by atoms with E-state index in [-0.39, 0.29) is 0 Å². The van der Waals surface area contributed by atoms with Crippen LogP contribution in [-0.4, -0.2) is 24.5 Å². The molecule has 2 unspecified atom stereocenters. The second kappa shape index (κ2) is 7.07. The van der Waals surface area contributed by atoms with Gasteiger partial charge >= 0.3 is 0 Å². The molecule has 1 aliphatic heterocycles. The maximum absolute atomic E-state index is 6.06. The summed E-state index contributed by atoms with van der Waals surface area (Å²) in [5.74, 6) is 1.67. The third kappa shape index (κ3) is 3.94. The Kier molecular flexibility index (Phi) is 5.70. The molecule has 0 amide bonds. The minimum absolute atomic E-state index is 0.350. The monoisotopic (exact) mass is 300 g/mol. The van der Waals surface area contributed by atoms with Gasteiger partial charge in [-0.25, -0.2) is 0 Å². The highest BCUT2D eigenvalue weighted by Gasteiger charge is 2.25. The molecule has 1 aliphatic rings. The Morgan fingerprint density at radius 1 is 1.37 bits per heavy atom. The Hall–Kier alpha value is -0.0900. The van der Waals surface area contributed by atoms with Gasteiger partial charge in [-0.15, -0.1) is 11.3 Å². The molecule has 4 heteroatoms. The largest absolute Gasteiger partial charge is 0.329 e. The molecule has 2 heterocycles. The van der Waals surface area contributed by atoms with E-state index in [1.807, 2.05) is 6.07 Å². The molecule has 19 heavy (non-hydrogen) atoms. The van der Waals surface area contributed by atoms with Gasteiger partial charge in [-0.1, -0.05) is 25.4 Å². The van der Waals surface area contributed by atoms with Crippen LogP contribution in [0.4, 0.5) is 0 Å². The molecule has 2 N–H and O–H groups in total. The Labute approximate surface area is 125 Å². The summed E-state index contributed by atoms with van der Waals surface area (Å²) in [5.41, 5.74) is 6.01. The summed E-state index contributed by atoms with van der Waals surface area (Å²) in [6.07, 6.45) is 3.95. The lowest BCUT2D eigenvalue weighted by Gasteiger charge is -2.29. The van der Waals surface area contributed by atoms with Crippen molar-refractivity contribution in [2.24, 2.45) is 17.6 Å². The first-order valence-corrected chi connectivity index (χ1v) is 8.50. The third-order valence-electron chi connectivity index (χ3n) is 4.34. The summed E-state index contributed by atoms with van der Waals surface area (Å²) in [5, 5.41) is 0. The van der Waals surface area contributed by atoms with E-state index in [0.717, 1.165) is 16.2 Å². The minimum Gasteiger partial charge on any atom is -0.329 e. The summed E-state index contributed by atoms with van der Waals surface area (Å²) in [6.45, 7) is 7.71. The number of rotatable bonds is 4. The van der Waals surface area contributed by atoms with Crippen LogP contribution < -0.4 is 5.73 Å². The Morgan fingerprint density at radius 2 is 2.16 bits per heavy atom. The molecular formula is C15H25ClN2S. The van der Waals surface area contributed by atoms with Crippen LogP contribution in [0, 0.1) is 11.8 Å². The summed E-state index contributed by atoms with van der Waals surface area (Å²) >= 11 is 7.73. The van der Waals surface area contributed by atoms with Crippen LogP contribution in [0.1, 0.15) is 44.0 Å². The average Bonchev–Trinajstić information content (AvgIpc) is 2.65. The van der Waals surface area contributed by atoms with Crippen molar-refractivity contribution >= 4 is 22.9 Å². The first-order chi connectivity index (χ1) is 9.11. The van der Waals surface area contributed by atoms with Crippen molar-refractivity contribution in [1.82, 2.24) is 4.90 Å². The van der Waals surface area contributed by atoms with Crippen molar-refractivity contribution in [3.05, 3.63) is 21.3 Å². The predicted octanol–water partition coefficient (Wildman–Crippen LogP) is 4.16. The maximum Gasteiger partial charge on any atom is 0.0931 e. The molecule has 2 atom stereocenters. The predicted molar refractivity (Wildman–Crippen MR) is 84.9 cm³/mol. The molecule has 2 rings (SSSR count). The second-order valence-electron chi connectivity index (χ2n) is 5.86. The second-order valence-corrected chi connectivity index (χ2v) is 7.61. The molecule has 0 aliphatic carbocycles. The molecule has 0 radical (unpaired) electrons. The van der Waals surface area contributed by atoms with Gasteiger partial charge in [0, 0.05) is 11.4 Å². The molecule has 1 fully saturated rings. The normalized spacial score (nSPS) is 23.5. The zero-order chi connectivity index (χ0) is 13.8. The van der Waals surface area contributed by atoms with E-state index >= 15 is 0 Å². The highest BCUT2D eigenvalue weighted by atomic mass is 35.5. The van der Waals surface area contributed by atoms with Gasteiger partial charge < -0.3 is 5.73 Å². The Morgan fingerprint density at radius 3 is 2.74 bits per heavy atom. The van der Waals surface area contributed by atoms with Crippen molar-refractivity contribution in [2.45, 2.75) is 39.2 Å². The number of nitrogens with zero attached hydrogens (tertiary/aromatic N) is 1. The molecule has 1 aromatic rings. The fraction of sp³-hybridized carbons (Fsp3) is 0.733. The van der Waals surface area contributed by atoms with Gasteiger partial charge in [0.15, 0.2) is 0 Å².